The van der Waals surface area contributed by atoms with E-state index in [2.05, 4.69) is 13.5 Å². The quantitative estimate of drug-likeness (QED) is 0.617. The van der Waals surface area contributed by atoms with Crippen LogP contribution in [-0.2, 0) is 23.8 Å². The number of rotatable bonds is 3. The van der Waals surface area contributed by atoms with E-state index < -0.39 is 5.60 Å². The Kier molecular flexibility index (Phi) is 3.64. The molecule has 5 atom stereocenters. The Morgan fingerprint density at radius 3 is 2.96 bits per heavy atom. The standard InChI is InChI=1S/C19H24O6/c1-10(8-23-11(2)20)12-4-5-18(3)14(12)6-13-16(25-18)15-7-19(22,9-24-15)17(13)21/h12,14-15,22H,1,4-9H2,2-3H3. The molecular formula is C19H24O6. The highest BCUT2D eigenvalue weighted by atomic mass is 16.6. The summed E-state index contributed by atoms with van der Waals surface area (Å²) >= 11 is 0. The molecule has 2 heterocycles. The van der Waals surface area contributed by atoms with E-state index in [1.807, 2.05) is 0 Å². The van der Waals surface area contributed by atoms with Crippen LogP contribution in [0, 0.1) is 11.8 Å². The van der Waals surface area contributed by atoms with Crippen molar-refractivity contribution in [1.29, 1.82) is 0 Å². The number of esters is 1. The molecule has 0 aromatic heterocycles. The first-order chi connectivity index (χ1) is 11.7. The molecular weight excluding hydrogens is 324 g/mol. The van der Waals surface area contributed by atoms with E-state index in [1.54, 1.807) is 0 Å². The van der Waals surface area contributed by atoms with Gasteiger partial charge in [0.15, 0.2) is 11.4 Å². The Balaban J connectivity index is 1.60. The molecule has 2 aliphatic heterocycles. The van der Waals surface area contributed by atoms with Gasteiger partial charge in [-0.05, 0) is 37.7 Å². The predicted octanol–water partition coefficient (Wildman–Crippen LogP) is 1.67. The SMILES string of the molecule is C=C(COC(C)=O)C1CCC2(C)OC3=C(CC12)C(=O)C1(O)COC3C1. The number of aliphatic hydroxyl groups is 1. The number of Topliss-reactive ketones (excluding diaryl/α,β-unsaturated/α-hetero) is 1. The summed E-state index contributed by atoms with van der Waals surface area (Å²) in [5.74, 6) is 0.248. The van der Waals surface area contributed by atoms with E-state index >= 15 is 0 Å². The van der Waals surface area contributed by atoms with Crippen LogP contribution in [0.2, 0.25) is 0 Å². The van der Waals surface area contributed by atoms with Crippen LogP contribution in [0.1, 0.15) is 39.5 Å². The van der Waals surface area contributed by atoms with Crippen molar-refractivity contribution in [1.82, 2.24) is 0 Å². The van der Waals surface area contributed by atoms with Crippen molar-refractivity contribution in [2.24, 2.45) is 11.8 Å². The lowest BCUT2D eigenvalue weighted by Crippen LogP contribution is -2.49. The molecule has 4 rings (SSSR count). The molecule has 6 heteroatoms. The molecule has 2 aliphatic carbocycles. The van der Waals surface area contributed by atoms with Gasteiger partial charge in [0.05, 0.1) is 6.61 Å². The number of ketones is 1. The van der Waals surface area contributed by atoms with Gasteiger partial charge in [-0.25, -0.2) is 0 Å². The largest absolute Gasteiger partial charge is 0.488 e. The molecule has 2 bridgehead atoms. The van der Waals surface area contributed by atoms with E-state index in [0.717, 1.165) is 18.4 Å². The molecule has 1 saturated heterocycles. The molecule has 4 aliphatic rings. The van der Waals surface area contributed by atoms with Gasteiger partial charge in [0.2, 0.25) is 0 Å². The minimum atomic E-state index is -1.40. The van der Waals surface area contributed by atoms with Crippen LogP contribution in [0.25, 0.3) is 0 Å². The normalized spacial score (nSPS) is 41.9. The third-order valence-corrected chi connectivity index (χ3v) is 6.31. The molecule has 0 aromatic carbocycles. The van der Waals surface area contributed by atoms with Crippen LogP contribution < -0.4 is 0 Å². The van der Waals surface area contributed by atoms with E-state index in [1.165, 1.54) is 6.92 Å². The summed E-state index contributed by atoms with van der Waals surface area (Å²) in [6.45, 7) is 7.79. The fourth-order valence-electron chi connectivity index (χ4n) is 4.90. The average molecular weight is 348 g/mol. The molecule has 25 heavy (non-hydrogen) atoms. The predicted molar refractivity (Wildman–Crippen MR) is 87.4 cm³/mol. The molecule has 2 fully saturated rings. The lowest BCUT2D eigenvalue weighted by atomic mass is 9.72. The number of ether oxygens (including phenoxy) is 3. The fourth-order valence-corrected chi connectivity index (χ4v) is 4.90. The zero-order chi connectivity index (χ0) is 18.0. The maximum absolute atomic E-state index is 12.8. The first-order valence-electron chi connectivity index (χ1n) is 8.85. The van der Waals surface area contributed by atoms with Crippen LogP contribution in [0.15, 0.2) is 23.5 Å². The second-order valence-corrected chi connectivity index (χ2v) is 8.02. The van der Waals surface area contributed by atoms with Gasteiger partial charge in [0, 0.05) is 24.8 Å². The molecule has 0 amide bonds. The summed E-state index contributed by atoms with van der Waals surface area (Å²) in [6, 6.07) is 0. The van der Waals surface area contributed by atoms with Crippen LogP contribution >= 0.6 is 0 Å². The third kappa shape index (κ3) is 2.46. The van der Waals surface area contributed by atoms with Crippen molar-refractivity contribution in [3.63, 3.8) is 0 Å². The minimum absolute atomic E-state index is 0.0385. The Morgan fingerprint density at radius 1 is 1.48 bits per heavy atom. The molecule has 136 valence electrons. The highest BCUT2D eigenvalue weighted by Crippen LogP contribution is 2.55. The maximum atomic E-state index is 12.8. The first-order valence-corrected chi connectivity index (χ1v) is 8.85. The maximum Gasteiger partial charge on any atom is 0.302 e. The van der Waals surface area contributed by atoms with Crippen LogP contribution in [-0.4, -0.2) is 47.4 Å². The highest BCUT2D eigenvalue weighted by Gasteiger charge is 2.59. The molecule has 0 aromatic rings. The number of carbonyl (C=O) groups excluding carboxylic acids is 2. The van der Waals surface area contributed by atoms with Crippen LogP contribution in [0.3, 0.4) is 0 Å². The molecule has 1 N–H and O–H groups in total. The highest BCUT2D eigenvalue weighted by molar-refractivity contribution is 6.04. The molecule has 0 spiro atoms. The second kappa shape index (κ2) is 5.42. The van der Waals surface area contributed by atoms with Gasteiger partial charge in [0.25, 0.3) is 0 Å². The number of carbonyl (C=O) groups is 2. The van der Waals surface area contributed by atoms with E-state index in [4.69, 9.17) is 14.2 Å². The van der Waals surface area contributed by atoms with Crippen molar-refractivity contribution in [3.05, 3.63) is 23.5 Å². The number of hydrogen-bond donors (Lipinski definition) is 1. The fraction of sp³-hybridized carbons (Fsp3) is 0.684. The Labute approximate surface area is 146 Å². The summed E-state index contributed by atoms with van der Waals surface area (Å²) in [5, 5.41) is 10.5. The lowest BCUT2D eigenvalue weighted by molar-refractivity contribution is -0.140. The number of hydrogen-bond acceptors (Lipinski definition) is 6. The summed E-state index contributed by atoms with van der Waals surface area (Å²) in [6.07, 6.45) is 2.25. The van der Waals surface area contributed by atoms with Gasteiger partial charge >= 0.3 is 5.97 Å². The zero-order valence-electron chi connectivity index (χ0n) is 14.7. The lowest BCUT2D eigenvalue weighted by Gasteiger charge is -2.44. The number of fused-ring (bicyclic) bond motifs is 4. The Hall–Kier alpha value is -1.66. The average Bonchev–Trinajstić information content (AvgIpc) is 3.09. The van der Waals surface area contributed by atoms with Crippen LogP contribution in [0.4, 0.5) is 0 Å². The Bertz CT molecular complexity index is 694. The summed E-state index contributed by atoms with van der Waals surface area (Å²) in [4.78, 5) is 23.8. The van der Waals surface area contributed by atoms with Crippen molar-refractivity contribution in [3.8, 4) is 0 Å². The van der Waals surface area contributed by atoms with Crippen molar-refractivity contribution < 1.29 is 28.9 Å². The van der Waals surface area contributed by atoms with Gasteiger partial charge in [-0.3, -0.25) is 9.59 Å². The molecule has 6 nitrogen and oxygen atoms in total. The molecule has 1 saturated carbocycles. The second-order valence-electron chi connectivity index (χ2n) is 8.02. The first kappa shape index (κ1) is 16.8. The van der Waals surface area contributed by atoms with Gasteiger partial charge < -0.3 is 19.3 Å². The molecule has 5 unspecified atom stereocenters. The van der Waals surface area contributed by atoms with E-state index in [-0.39, 0.29) is 54.9 Å². The van der Waals surface area contributed by atoms with E-state index in [0.29, 0.717) is 17.8 Å². The Morgan fingerprint density at radius 2 is 2.24 bits per heavy atom. The summed E-state index contributed by atoms with van der Waals surface area (Å²) in [7, 11) is 0. The monoisotopic (exact) mass is 348 g/mol. The summed E-state index contributed by atoms with van der Waals surface area (Å²) < 4.78 is 17.0. The zero-order valence-corrected chi connectivity index (χ0v) is 14.7. The van der Waals surface area contributed by atoms with Gasteiger partial charge in [-0.2, -0.15) is 0 Å². The van der Waals surface area contributed by atoms with Crippen molar-refractivity contribution >= 4 is 11.8 Å². The third-order valence-electron chi connectivity index (χ3n) is 6.31. The topological polar surface area (TPSA) is 82.1 Å². The van der Waals surface area contributed by atoms with Gasteiger partial charge in [-0.15, -0.1) is 0 Å². The van der Waals surface area contributed by atoms with E-state index in [9.17, 15) is 14.7 Å². The minimum Gasteiger partial charge on any atom is -0.488 e. The van der Waals surface area contributed by atoms with Crippen molar-refractivity contribution in [2.75, 3.05) is 13.2 Å². The van der Waals surface area contributed by atoms with Crippen molar-refractivity contribution in [2.45, 2.75) is 56.8 Å². The summed E-state index contributed by atoms with van der Waals surface area (Å²) in [5.41, 5.74) is -0.350. The smallest absolute Gasteiger partial charge is 0.302 e. The van der Waals surface area contributed by atoms with Gasteiger partial charge in [-0.1, -0.05) is 6.58 Å². The van der Waals surface area contributed by atoms with Gasteiger partial charge in [0.1, 0.15) is 24.1 Å². The van der Waals surface area contributed by atoms with Crippen LogP contribution in [0.5, 0.6) is 0 Å². The molecule has 0 radical (unpaired) electrons.